The highest BCUT2D eigenvalue weighted by Crippen LogP contribution is 2.26. The standard InChI is InChI=1S/C19H30N2O/c1-2-13-22-18-6-3-5-16(14-18)15-21-11-8-17(9-12-21)19-7-4-10-20-19/h3,5-6,14,17,19-20H,2,4,7-13,15H2,1H3. The molecule has 1 N–H and O–H groups in total. The molecule has 1 unspecified atom stereocenters. The van der Waals surface area contributed by atoms with Crippen LogP contribution >= 0.6 is 0 Å². The van der Waals surface area contributed by atoms with E-state index in [2.05, 4.69) is 41.4 Å². The minimum Gasteiger partial charge on any atom is -0.494 e. The molecule has 3 rings (SSSR count). The van der Waals surface area contributed by atoms with E-state index in [0.717, 1.165) is 37.3 Å². The van der Waals surface area contributed by atoms with Crippen molar-refractivity contribution < 1.29 is 4.74 Å². The van der Waals surface area contributed by atoms with E-state index in [-0.39, 0.29) is 0 Å². The zero-order valence-corrected chi connectivity index (χ0v) is 13.9. The van der Waals surface area contributed by atoms with Gasteiger partial charge in [-0.2, -0.15) is 0 Å². The average molecular weight is 302 g/mol. The number of likely N-dealkylation sites (tertiary alicyclic amines) is 1. The third kappa shape index (κ3) is 4.23. The molecule has 0 radical (unpaired) electrons. The lowest BCUT2D eigenvalue weighted by Gasteiger charge is -2.35. The Morgan fingerprint density at radius 2 is 2.09 bits per heavy atom. The molecule has 0 aromatic heterocycles. The second-order valence-corrected chi connectivity index (χ2v) is 6.81. The third-order valence-electron chi connectivity index (χ3n) is 5.08. The van der Waals surface area contributed by atoms with Gasteiger partial charge in [0.25, 0.3) is 0 Å². The summed E-state index contributed by atoms with van der Waals surface area (Å²) in [6.45, 7) is 7.73. The maximum absolute atomic E-state index is 5.74. The zero-order valence-electron chi connectivity index (χ0n) is 13.9. The van der Waals surface area contributed by atoms with Gasteiger partial charge in [-0.05, 0) is 75.4 Å². The number of nitrogens with one attached hydrogen (secondary N) is 1. The van der Waals surface area contributed by atoms with Gasteiger partial charge in [-0.3, -0.25) is 4.90 Å². The average Bonchev–Trinajstić information content (AvgIpc) is 3.08. The van der Waals surface area contributed by atoms with Crippen molar-refractivity contribution in [2.75, 3.05) is 26.2 Å². The van der Waals surface area contributed by atoms with Crippen molar-refractivity contribution in [1.82, 2.24) is 10.2 Å². The topological polar surface area (TPSA) is 24.5 Å². The van der Waals surface area contributed by atoms with Crippen LogP contribution in [0.25, 0.3) is 0 Å². The highest BCUT2D eigenvalue weighted by atomic mass is 16.5. The summed E-state index contributed by atoms with van der Waals surface area (Å²) in [5.41, 5.74) is 1.38. The fourth-order valence-electron chi connectivity index (χ4n) is 3.84. The van der Waals surface area contributed by atoms with Crippen LogP contribution in [0.5, 0.6) is 5.75 Å². The molecule has 2 saturated heterocycles. The van der Waals surface area contributed by atoms with Gasteiger partial charge in [-0.25, -0.2) is 0 Å². The van der Waals surface area contributed by atoms with Crippen LogP contribution in [0.4, 0.5) is 0 Å². The normalized spacial score (nSPS) is 23.8. The first-order valence-corrected chi connectivity index (χ1v) is 9.02. The molecule has 0 bridgehead atoms. The minimum absolute atomic E-state index is 0.799. The van der Waals surface area contributed by atoms with Crippen molar-refractivity contribution in [2.45, 2.75) is 51.6 Å². The molecular formula is C19H30N2O. The summed E-state index contributed by atoms with van der Waals surface area (Å²) in [6, 6.07) is 9.42. The first-order chi connectivity index (χ1) is 10.8. The molecule has 0 spiro atoms. The first-order valence-electron chi connectivity index (χ1n) is 9.02. The van der Waals surface area contributed by atoms with Crippen LogP contribution in [0.2, 0.25) is 0 Å². The van der Waals surface area contributed by atoms with Crippen molar-refractivity contribution in [3.05, 3.63) is 29.8 Å². The van der Waals surface area contributed by atoms with E-state index in [9.17, 15) is 0 Å². The molecule has 2 aliphatic rings. The van der Waals surface area contributed by atoms with Crippen LogP contribution < -0.4 is 10.1 Å². The second-order valence-electron chi connectivity index (χ2n) is 6.81. The van der Waals surface area contributed by atoms with E-state index in [1.807, 2.05) is 0 Å². The SMILES string of the molecule is CCCOc1cccc(CN2CCC(C3CCCN3)CC2)c1. The van der Waals surface area contributed by atoms with E-state index in [4.69, 9.17) is 4.74 Å². The highest BCUT2D eigenvalue weighted by molar-refractivity contribution is 5.28. The summed E-state index contributed by atoms with van der Waals surface area (Å²) in [5.74, 6) is 1.92. The van der Waals surface area contributed by atoms with Crippen molar-refractivity contribution in [1.29, 1.82) is 0 Å². The Kier molecular flexibility index (Phi) is 5.74. The van der Waals surface area contributed by atoms with E-state index in [1.54, 1.807) is 0 Å². The summed E-state index contributed by atoms with van der Waals surface area (Å²) in [4.78, 5) is 2.60. The largest absolute Gasteiger partial charge is 0.494 e. The van der Waals surface area contributed by atoms with E-state index in [0.29, 0.717) is 0 Å². The summed E-state index contributed by atoms with van der Waals surface area (Å²) >= 11 is 0. The molecule has 0 saturated carbocycles. The van der Waals surface area contributed by atoms with Crippen LogP contribution in [0.3, 0.4) is 0 Å². The Hall–Kier alpha value is -1.06. The Morgan fingerprint density at radius 1 is 1.23 bits per heavy atom. The quantitative estimate of drug-likeness (QED) is 0.871. The van der Waals surface area contributed by atoms with Gasteiger partial charge >= 0.3 is 0 Å². The fourth-order valence-corrected chi connectivity index (χ4v) is 3.84. The van der Waals surface area contributed by atoms with Crippen LogP contribution in [-0.2, 0) is 6.54 Å². The number of rotatable bonds is 6. The summed E-state index contributed by atoms with van der Waals surface area (Å²) in [5, 5.41) is 3.68. The molecule has 22 heavy (non-hydrogen) atoms. The molecule has 3 heteroatoms. The van der Waals surface area contributed by atoms with Gasteiger partial charge in [-0.1, -0.05) is 19.1 Å². The molecule has 2 aliphatic heterocycles. The van der Waals surface area contributed by atoms with Gasteiger partial charge in [0.2, 0.25) is 0 Å². The fraction of sp³-hybridized carbons (Fsp3) is 0.684. The Bertz CT molecular complexity index is 449. The van der Waals surface area contributed by atoms with Crippen LogP contribution in [-0.4, -0.2) is 37.2 Å². The Morgan fingerprint density at radius 3 is 2.82 bits per heavy atom. The molecule has 1 aromatic rings. The van der Waals surface area contributed by atoms with Gasteiger partial charge in [0.1, 0.15) is 5.75 Å². The minimum atomic E-state index is 0.799. The van der Waals surface area contributed by atoms with Crippen LogP contribution in [0.15, 0.2) is 24.3 Å². The molecular weight excluding hydrogens is 272 g/mol. The van der Waals surface area contributed by atoms with Gasteiger partial charge in [0, 0.05) is 12.6 Å². The molecule has 1 aromatic carbocycles. The first kappa shape index (κ1) is 15.8. The number of nitrogens with zero attached hydrogens (tertiary/aromatic N) is 1. The van der Waals surface area contributed by atoms with Crippen LogP contribution in [0, 0.1) is 5.92 Å². The van der Waals surface area contributed by atoms with E-state index < -0.39 is 0 Å². The zero-order chi connectivity index (χ0) is 15.2. The highest BCUT2D eigenvalue weighted by Gasteiger charge is 2.28. The lowest BCUT2D eigenvalue weighted by atomic mass is 9.88. The molecule has 122 valence electrons. The van der Waals surface area contributed by atoms with Crippen LogP contribution in [0.1, 0.15) is 44.6 Å². The van der Waals surface area contributed by atoms with E-state index >= 15 is 0 Å². The molecule has 2 heterocycles. The second kappa shape index (κ2) is 7.98. The lowest BCUT2D eigenvalue weighted by Crippen LogP contribution is -2.40. The molecule has 0 aliphatic carbocycles. The maximum atomic E-state index is 5.74. The molecule has 2 fully saturated rings. The summed E-state index contributed by atoms with van der Waals surface area (Å²) in [6.07, 6.45) is 6.53. The predicted octanol–water partition coefficient (Wildman–Crippen LogP) is 3.44. The molecule has 3 nitrogen and oxygen atoms in total. The number of piperidine rings is 1. The lowest BCUT2D eigenvalue weighted by molar-refractivity contribution is 0.157. The van der Waals surface area contributed by atoms with Crippen molar-refractivity contribution in [3.8, 4) is 5.75 Å². The van der Waals surface area contributed by atoms with Crippen molar-refractivity contribution in [2.24, 2.45) is 5.92 Å². The summed E-state index contributed by atoms with van der Waals surface area (Å²) in [7, 11) is 0. The smallest absolute Gasteiger partial charge is 0.119 e. The molecule has 0 amide bonds. The number of hydrogen-bond donors (Lipinski definition) is 1. The third-order valence-corrected chi connectivity index (χ3v) is 5.08. The van der Waals surface area contributed by atoms with Crippen molar-refractivity contribution in [3.63, 3.8) is 0 Å². The summed E-state index contributed by atoms with van der Waals surface area (Å²) < 4.78 is 5.74. The number of ether oxygens (including phenoxy) is 1. The maximum Gasteiger partial charge on any atom is 0.119 e. The number of hydrogen-bond acceptors (Lipinski definition) is 3. The predicted molar refractivity (Wildman–Crippen MR) is 91.3 cm³/mol. The monoisotopic (exact) mass is 302 g/mol. The Labute approximate surface area is 135 Å². The Balaban J connectivity index is 1.47. The van der Waals surface area contributed by atoms with Gasteiger partial charge in [0.15, 0.2) is 0 Å². The van der Waals surface area contributed by atoms with Gasteiger partial charge in [-0.15, -0.1) is 0 Å². The van der Waals surface area contributed by atoms with E-state index in [1.165, 1.54) is 50.9 Å². The van der Waals surface area contributed by atoms with Gasteiger partial charge < -0.3 is 10.1 Å². The molecule has 1 atom stereocenters. The van der Waals surface area contributed by atoms with Crippen molar-refractivity contribution >= 4 is 0 Å². The number of benzene rings is 1. The van der Waals surface area contributed by atoms with Gasteiger partial charge in [0.05, 0.1) is 6.61 Å².